The van der Waals surface area contributed by atoms with Gasteiger partial charge in [0.05, 0.1) is 19.0 Å². The number of H-pyrrole nitrogens is 1. The van der Waals surface area contributed by atoms with Crippen LogP contribution in [0.4, 0.5) is 5.82 Å². The van der Waals surface area contributed by atoms with E-state index in [1.807, 2.05) is 37.3 Å². The lowest BCUT2D eigenvalue weighted by Gasteiger charge is -2.13. The summed E-state index contributed by atoms with van der Waals surface area (Å²) in [6, 6.07) is 13.0. The quantitative estimate of drug-likeness (QED) is 0.445. The van der Waals surface area contributed by atoms with Gasteiger partial charge in [-0.3, -0.25) is 5.43 Å². The van der Waals surface area contributed by atoms with E-state index in [2.05, 4.69) is 25.7 Å². The molecule has 9 heteroatoms. The van der Waals surface area contributed by atoms with Gasteiger partial charge in [-0.1, -0.05) is 29.8 Å². The molecule has 0 fully saturated rings. The molecule has 0 saturated heterocycles. The Morgan fingerprint density at radius 2 is 2.07 bits per heavy atom. The number of anilines is 1. The molecule has 0 bridgehead atoms. The molecule has 3 aromatic rings. The third-order valence-electron chi connectivity index (χ3n) is 3.57. The minimum atomic E-state index is -0.557. The lowest BCUT2D eigenvalue weighted by atomic mass is 10.2. The maximum atomic E-state index is 11.1. The number of benzene rings is 2. The van der Waals surface area contributed by atoms with Crippen LogP contribution in [0, 0.1) is 0 Å². The second kappa shape index (κ2) is 9.52. The zero-order valence-electron chi connectivity index (χ0n) is 15.1. The van der Waals surface area contributed by atoms with Crippen LogP contribution >= 0.6 is 11.6 Å². The second-order valence-electron chi connectivity index (χ2n) is 5.56. The van der Waals surface area contributed by atoms with E-state index < -0.39 is 5.69 Å². The van der Waals surface area contributed by atoms with E-state index in [1.54, 1.807) is 18.3 Å². The Morgan fingerprint density at radius 1 is 1.21 bits per heavy atom. The van der Waals surface area contributed by atoms with Crippen molar-refractivity contribution in [1.29, 1.82) is 0 Å². The molecule has 0 unspecified atom stereocenters. The largest absolute Gasteiger partial charge is 0.490 e. The molecule has 2 aromatic carbocycles. The molecule has 3 rings (SSSR count). The standard InChI is InChI=1S/C19H18ClN5O3/c1-2-27-17-9-13(10-21-24-18-11-22-25-19(26)23-18)7-8-16(17)28-12-14-5-3-4-6-15(14)20/h3-11H,2,12H2,1H3,(H2,23,24,25,26)/b21-10+. The van der Waals surface area contributed by atoms with Gasteiger partial charge in [0, 0.05) is 10.6 Å². The summed E-state index contributed by atoms with van der Waals surface area (Å²) in [6.45, 7) is 2.71. The van der Waals surface area contributed by atoms with Crippen molar-refractivity contribution < 1.29 is 9.47 Å². The summed E-state index contributed by atoms with van der Waals surface area (Å²) in [5.41, 5.74) is 3.75. The van der Waals surface area contributed by atoms with Gasteiger partial charge in [0.25, 0.3) is 0 Å². The van der Waals surface area contributed by atoms with Crippen LogP contribution in [0.5, 0.6) is 11.5 Å². The number of aromatic nitrogens is 3. The molecule has 2 N–H and O–H groups in total. The molecule has 1 heterocycles. The van der Waals surface area contributed by atoms with Crippen molar-refractivity contribution >= 4 is 23.6 Å². The lowest BCUT2D eigenvalue weighted by molar-refractivity contribution is 0.269. The van der Waals surface area contributed by atoms with Crippen molar-refractivity contribution in [3.8, 4) is 11.5 Å². The van der Waals surface area contributed by atoms with E-state index in [-0.39, 0.29) is 5.82 Å². The fourth-order valence-corrected chi connectivity index (χ4v) is 2.49. The van der Waals surface area contributed by atoms with Gasteiger partial charge >= 0.3 is 5.69 Å². The molecular formula is C19H18ClN5O3. The van der Waals surface area contributed by atoms with Crippen LogP contribution in [0.15, 0.2) is 58.6 Å². The van der Waals surface area contributed by atoms with E-state index in [0.717, 1.165) is 11.1 Å². The van der Waals surface area contributed by atoms with E-state index in [0.29, 0.717) is 29.7 Å². The van der Waals surface area contributed by atoms with Gasteiger partial charge in [-0.25, -0.2) is 9.89 Å². The Kier molecular flexibility index (Phi) is 6.59. The average Bonchev–Trinajstić information content (AvgIpc) is 2.69. The van der Waals surface area contributed by atoms with E-state index >= 15 is 0 Å². The lowest BCUT2D eigenvalue weighted by Crippen LogP contribution is -2.13. The number of nitrogens with zero attached hydrogens (tertiary/aromatic N) is 3. The third kappa shape index (κ3) is 5.31. The summed E-state index contributed by atoms with van der Waals surface area (Å²) in [4.78, 5) is 14.8. The molecule has 0 spiro atoms. The number of halogens is 1. The molecule has 8 nitrogen and oxygen atoms in total. The summed E-state index contributed by atoms with van der Waals surface area (Å²) >= 11 is 6.17. The van der Waals surface area contributed by atoms with Crippen LogP contribution in [-0.4, -0.2) is 28.0 Å². The van der Waals surface area contributed by atoms with Gasteiger partial charge in [0.1, 0.15) is 6.61 Å². The van der Waals surface area contributed by atoms with Crippen LogP contribution in [-0.2, 0) is 6.61 Å². The predicted octanol–water partition coefficient (Wildman–Crippen LogP) is 3.24. The van der Waals surface area contributed by atoms with Gasteiger partial charge in [-0.15, -0.1) is 0 Å². The van der Waals surface area contributed by atoms with E-state index in [1.165, 1.54) is 6.20 Å². The number of hydrogen-bond acceptors (Lipinski definition) is 7. The van der Waals surface area contributed by atoms with Crippen molar-refractivity contribution in [2.24, 2.45) is 5.10 Å². The first-order valence-electron chi connectivity index (χ1n) is 8.49. The molecule has 0 aliphatic carbocycles. The number of ether oxygens (including phenoxy) is 2. The highest BCUT2D eigenvalue weighted by Crippen LogP contribution is 2.29. The summed E-state index contributed by atoms with van der Waals surface area (Å²) < 4.78 is 11.5. The van der Waals surface area contributed by atoms with Crippen LogP contribution in [0.3, 0.4) is 0 Å². The normalized spacial score (nSPS) is 10.8. The molecule has 0 aliphatic rings. The summed E-state index contributed by atoms with van der Waals surface area (Å²) in [7, 11) is 0. The Labute approximate surface area is 166 Å². The van der Waals surface area contributed by atoms with Crippen LogP contribution in [0.2, 0.25) is 5.02 Å². The molecular weight excluding hydrogens is 382 g/mol. The topological polar surface area (TPSA) is 101 Å². The zero-order valence-corrected chi connectivity index (χ0v) is 15.8. The monoisotopic (exact) mass is 399 g/mol. The highest BCUT2D eigenvalue weighted by Gasteiger charge is 2.08. The Balaban J connectivity index is 1.70. The van der Waals surface area contributed by atoms with Crippen LogP contribution in [0.25, 0.3) is 0 Å². The van der Waals surface area contributed by atoms with Gasteiger partial charge in [-0.2, -0.15) is 15.2 Å². The summed E-state index contributed by atoms with van der Waals surface area (Å²) in [6.07, 6.45) is 2.93. The first-order valence-corrected chi connectivity index (χ1v) is 8.87. The van der Waals surface area contributed by atoms with Crippen LogP contribution < -0.4 is 20.6 Å². The molecule has 0 saturated carbocycles. The van der Waals surface area contributed by atoms with Crippen LogP contribution in [0.1, 0.15) is 18.1 Å². The maximum Gasteiger partial charge on any atom is 0.363 e. The molecule has 28 heavy (non-hydrogen) atoms. The Morgan fingerprint density at radius 3 is 2.86 bits per heavy atom. The molecule has 144 valence electrons. The minimum absolute atomic E-state index is 0.240. The number of aromatic amines is 1. The minimum Gasteiger partial charge on any atom is -0.490 e. The number of hydrazone groups is 1. The second-order valence-corrected chi connectivity index (χ2v) is 5.97. The highest BCUT2D eigenvalue weighted by atomic mass is 35.5. The first-order chi connectivity index (χ1) is 13.7. The predicted molar refractivity (Wildman–Crippen MR) is 107 cm³/mol. The van der Waals surface area contributed by atoms with E-state index in [9.17, 15) is 4.79 Å². The van der Waals surface area contributed by atoms with Crippen molar-refractivity contribution in [1.82, 2.24) is 15.2 Å². The fraction of sp³-hybridized carbons (Fsp3) is 0.158. The smallest absolute Gasteiger partial charge is 0.363 e. The molecule has 0 aliphatic heterocycles. The van der Waals surface area contributed by atoms with Gasteiger partial charge in [-0.05, 0) is 36.8 Å². The summed E-state index contributed by atoms with van der Waals surface area (Å²) in [5.74, 6) is 1.44. The van der Waals surface area contributed by atoms with Crippen molar-refractivity contribution in [3.63, 3.8) is 0 Å². The number of hydrogen-bond donors (Lipinski definition) is 2. The zero-order chi connectivity index (χ0) is 19.8. The van der Waals surface area contributed by atoms with Gasteiger partial charge in [0.15, 0.2) is 17.3 Å². The molecule has 1 aromatic heterocycles. The maximum absolute atomic E-state index is 11.1. The molecule has 0 amide bonds. The third-order valence-corrected chi connectivity index (χ3v) is 3.94. The van der Waals surface area contributed by atoms with Gasteiger partial charge in [0.2, 0.25) is 0 Å². The number of rotatable bonds is 8. The van der Waals surface area contributed by atoms with Crippen molar-refractivity contribution in [2.75, 3.05) is 12.0 Å². The molecule has 0 atom stereocenters. The summed E-state index contributed by atoms with van der Waals surface area (Å²) in [5, 5.41) is 10.5. The Hall–Kier alpha value is -3.39. The number of nitrogens with one attached hydrogen (secondary N) is 2. The molecule has 0 radical (unpaired) electrons. The SMILES string of the molecule is CCOc1cc(/C=N/Nc2cn[nH]c(=O)n2)ccc1OCc1ccccc1Cl. The van der Waals surface area contributed by atoms with E-state index in [4.69, 9.17) is 21.1 Å². The van der Waals surface area contributed by atoms with Crippen molar-refractivity contribution in [3.05, 3.63) is 75.3 Å². The Bertz CT molecular complexity index is 1020. The van der Waals surface area contributed by atoms with Gasteiger partial charge < -0.3 is 9.47 Å². The fourth-order valence-electron chi connectivity index (χ4n) is 2.30. The van der Waals surface area contributed by atoms with Crippen molar-refractivity contribution in [2.45, 2.75) is 13.5 Å². The first kappa shape index (κ1) is 19.4. The highest BCUT2D eigenvalue weighted by molar-refractivity contribution is 6.31. The average molecular weight is 400 g/mol.